The Hall–Kier alpha value is -1.68. The van der Waals surface area contributed by atoms with Crippen LogP contribution in [0, 0.1) is 5.92 Å². The number of carbonyl (C=O) groups excluding carboxylic acids is 2. The van der Waals surface area contributed by atoms with Gasteiger partial charge in [-0.3, -0.25) is 14.5 Å². The van der Waals surface area contributed by atoms with Crippen LogP contribution >= 0.6 is 0 Å². The van der Waals surface area contributed by atoms with Crippen LogP contribution in [-0.2, 0) is 9.59 Å². The molecule has 0 spiro atoms. The highest BCUT2D eigenvalue weighted by Gasteiger charge is 2.43. The van der Waals surface area contributed by atoms with Gasteiger partial charge in [0.2, 0.25) is 5.91 Å². The summed E-state index contributed by atoms with van der Waals surface area (Å²) in [4.78, 5) is 28.3. The molecular weight excluding hydrogens is 252 g/mol. The van der Waals surface area contributed by atoms with Crippen molar-refractivity contribution in [1.82, 2.24) is 4.90 Å². The van der Waals surface area contributed by atoms with Crippen LogP contribution < -0.4 is 4.90 Å². The van der Waals surface area contributed by atoms with Crippen LogP contribution in [0.15, 0.2) is 30.3 Å². The Morgan fingerprint density at radius 3 is 2.35 bits per heavy atom. The first-order valence-corrected chi connectivity index (χ1v) is 7.32. The van der Waals surface area contributed by atoms with Crippen molar-refractivity contribution in [1.29, 1.82) is 0 Å². The van der Waals surface area contributed by atoms with Crippen LogP contribution in [0.4, 0.5) is 5.69 Å². The molecule has 106 valence electrons. The molecule has 2 saturated heterocycles. The first-order valence-electron chi connectivity index (χ1n) is 7.32. The van der Waals surface area contributed by atoms with Crippen LogP contribution in [0.3, 0.4) is 0 Å². The molecule has 2 heterocycles. The van der Waals surface area contributed by atoms with Crippen molar-refractivity contribution in [2.75, 3.05) is 18.0 Å². The van der Waals surface area contributed by atoms with Crippen LogP contribution in [0.2, 0.25) is 0 Å². The standard InChI is InChI=1S/C16H20N2O2/c1-12-7-9-17(10-8-12)14-11-15(19)18(16(14)20)13-5-3-2-4-6-13/h2-6,12,14H,7-11H2,1H3/t14-/m0/s1. The zero-order valence-electron chi connectivity index (χ0n) is 11.8. The summed E-state index contributed by atoms with van der Waals surface area (Å²) in [5, 5.41) is 0. The van der Waals surface area contributed by atoms with E-state index in [1.165, 1.54) is 4.90 Å². The highest BCUT2D eigenvalue weighted by molar-refractivity contribution is 6.22. The normalized spacial score (nSPS) is 25.4. The van der Waals surface area contributed by atoms with Gasteiger partial charge in [0.05, 0.1) is 18.2 Å². The SMILES string of the molecule is CC1CCN([C@H]2CC(=O)N(c3ccccc3)C2=O)CC1. The Morgan fingerprint density at radius 2 is 1.70 bits per heavy atom. The lowest BCUT2D eigenvalue weighted by molar-refractivity contribution is -0.123. The average Bonchev–Trinajstić information content (AvgIpc) is 2.76. The molecule has 0 saturated carbocycles. The van der Waals surface area contributed by atoms with Crippen molar-refractivity contribution in [2.45, 2.75) is 32.2 Å². The van der Waals surface area contributed by atoms with Crippen LogP contribution in [0.25, 0.3) is 0 Å². The number of para-hydroxylation sites is 1. The van der Waals surface area contributed by atoms with Crippen molar-refractivity contribution in [3.8, 4) is 0 Å². The number of imide groups is 1. The fraction of sp³-hybridized carbons (Fsp3) is 0.500. The molecule has 0 aromatic heterocycles. The van der Waals surface area contributed by atoms with Gasteiger partial charge in [-0.2, -0.15) is 0 Å². The Bertz CT molecular complexity index is 506. The molecule has 3 rings (SSSR count). The predicted octanol–water partition coefficient (Wildman–Crippen LogP) is 2.05. The Morgan fingerprint density at radius 1 is 1.05 bits per heavy atom. The number of piperidine rings is 1. The van der Waals surface area contributed by atoms with Crippen molar-refractivity contribution < 1.29 is 9.59 Å². The van der Waals surface area contributed by atoms with E-state index in [0.717, 1.165) is 31.8 Å². The third-order valence-corrected chi connectivity index (χ3v) is 4.40. The molecule has 1 aromatic rings. The molecule has 1 atom stereocenters. The highest BCUT2D eigenvalue weighted by atomic mass is 16.2. The Balaban J connectivity index is 1.77. The van der Waals surface area contributed by atoms with E-state index in [0.29, 0.717) is 12.1 Å². The molecule has 4 heteroatoms. The van der Waals surface area contributed by atoms with E-state index in [2.05, 4.69) is 11.8 Å². The molecule has 0 radical (unpaired) electrons. The fourth-order valence-corrected chi connectivity index (χ4v) is 3.09. The second-order valence-corrected chi connectivity index (χ2v) is 5.84. The predicted molar refractivity (Wildman–Crippen MR) is 77.3 cm³/mol. The Kier molecular flexibility index (Phi) is 3.57. The first kappa shape index (κ1) is 13.3. The van der Waals surface area contributed by atoms with E-state index in [1.807, 2.05) is 30.3 Å². The summed E-state index contributed by atoms with van der Waals surface area (Å²) in [7, 11) is 0. The average molecular weight is 272 g/mol. The zero-order chi connectivity index (χ0) is 14.1. The molecule has 0 unspecified atom stereocenters. The topological polar surface area (TPSA) is 40.6 Å². The number of amides is 2. The van der Waals surface area contributed by atoms with Gasteiger partial charge in [0, 0.05) is 0 Å². The van der Waals surface area contributed by atoms with E-state index in [1.54, 1.807) is 0 Å². The zero-order valence-corrected chi connectivity index (χ0v) is 11.8. The molecule has 2 fully saturated rings. The van der Waals surface area contributed by atoms with Crippen molar-refractivity contribution in [3.63, 3.8) is 0 Å². The minimum atomic E-state index is -0.254. The lowest BCUT2D eigenvalue weighted by atomic mass is 9.97. The van der Waals surface area contributed by atoms with E-state index in [4.69, 9.17) is 0 Å². The first-order chi connectivity index (χ1) is 9.66. The second kappa shape index (κ2) is 5.37. The van der Waals surface area contributed by atoms with E-state index in [-0.39, 0.29) is 17.9 Å². The maximum atomic E-state index is 12.6. The summed E-state index contributed by atoms with van der Waals surface area (Å²) in [6.45, 7) is 4.09. The van der Waals surface area contributed by atoms with Gasteiger partial charge in [-0.15, -0.1) is 0 Å². The molecule has 0 N–H and O–H groups in total. The quantitative estimate of drug-likeness (QED) is 0.774. The molecule has 4 nitrogen and oxygen atoms in total. The number of hydrogen-bond donors (Lipinski definition) is 0. The summed E-state index contributed by atoms with van der Waals surface area (Å²) in [6, 6.07) is 8.97. The van der Waals surface area contributed by atoms with Gasteiger partial charge in [-0.05, 0) is 44.0 Å². The third kappa shape index (κ3) is 2.36. The van der Waals surface area contributed by atoms with Gasteiger partial charge in [0.15, 0.2) is 0 Å². The summed E-state index contributed by atoms with van der Waals surface area (Å²) >= 11 is 0. The second-order valence-electron chi connectivity index (χ2n) is 5.84. The maximum Gasteiger partial charge on any atom is 0.251 e. The van der Waals surface area contributed by atoms with Gasteiger partial charge < -0.3 is 0 Å². The summed E-state index contributed by atoms with van der Waals surface area (Å²) in [5.41, 5.74) is 0.690. The monoisotopic (exact) mass is 272 g/mol. The van der Waals surface area contributed by atoms with E-state index < -0.39 is 0 Å². The lowest BCUT2D eigenvalue weighted by Gasteiger charge is -2.33. The summed E-state index contributed by atoms with van der Waals surface area (Å²) in [5.74, 6) is 0.587. The lowest BCUT2D eigenvalue weighted by Crippen LogP contribution is -2.45. The number of benzene rings is 1. The molecule has 2 amide bonds. The van der Waals surface area contributed by atoms with Crippen LogP contribution in [0.5, 0.6) is 0 Å². The van der Waals surface area contributed by atoms with Gasteiger partial charge in [-0.1, -0.05) is 25.1 Å². The Labute approximate surface area is 119 Å². The summed E-state index contributed by atoms with van der Waals surface area (Å²) < 4.78 is 0. The molecule has 2 aliphatic rings. The van der Waals surface area contributed by atoms with Gasteiger partial charge in [-0.25, -0.2) is 4.90 Å². The number of nitrogens with zero attached hydrogens (tertiary/aromatic N) is 2. The van der Waals surface area contributed by atoms with Crippen LogP contribution in [-0.4, -0.2) is 35.8 Å². The van der Waals surface area contributed by atoms with E-state index in [9.17, 15) is 9.59 Å². The maximum absolute atomic E-state index is 12.6. The molecule has 0 aliphatic carbocycles. The minimum absolute atomic E-state index is 0.0595. The highest BCUT2D eigenvalue weighted by Crippen LogP contribution is 2.28. The molecule has 2 aliphatic heterocycles. The largest absolute Gasteiger partial charge is 0.292 e. The molecule has 1 aromatic carbocycles. The van der Waals surface area contributed by atoms with Gasteiger partial charge in [0.25, 0.3) is 5.91 Å². The molecule has 20 heavy (non-hydrogen) atoms. The number of anilines is 1. The van der Waals surface area contributed by atoms with E-state index >= 15 is 0 Å². The number of likely N-dealkylation sites (tertiary alicyclic amines) is 1. The fourth-order valence-electron chi connectivity index (χ4n) is 3.09. The van der Waals surface area contributed by atoms with Crippen molar-refractivity contribution >= 4 is 17.5 Å². The molecule has 0 bridgehead atoms. The smallest absolute Gasteiger partial charge is 0.251 e. The van der Waals surface area contributed by atoms with Crippen molar-refractivity contribution in [3.05, 3.63) is 30.3 Å². The molecular formula is C16H20N2O2. The van der Waals surface area contributed by atoms with Crippen LogP contribution in [0.1, 0.15) is 26.2 Å². The number of hydrogen-bond acceptors (Lipinski definition) is 3. The van der Waals surface area contributed by atoms with Crippen molar-refractivity contribution in [2.24, 2.45) is 5.92 Å². The number of rotatable bonds is 2. The number of carbonyl (C=O) groups is 2. The summed E-state index contributed by atoms with van der Waals surface area (Å²) in [6.07, 6.45) is 2.55. The third-order valence-electron chi connectivity index (χ3n) is 4.40. The minimum Gasteiger partial charge on any atom is -0.292 e. The van der Waals surface area contributed by atoms with Gasteiger partial charge in [0.1, 0.15) is 0 Å². The van der Waals surface area contributed by atoms with Gasteiger partial charge >= 0.3 is 0 Å².